The van der Waals surface area contributed by atoms with Gasteiger partial charge in [-0.1, -0.05) is 0 Å². The molecule has 1 fully saturated rings. The molecule has 0 aromatic heterocycles. The minimum Gasteiger partial charge on any atom is -0.491 e. The van der Waals surface area contributed by atoms with Crippen molar-refractivity contribution < 1.29 is 28.6 Å². The topological polar surface area (TPSA) is 79.3 Å². The summed E-state index contributed by atoms with van der Waals surface area (Å²) in [5, 5.41) is 10.3. The van der Waals surface area contributed by atoms with E-state index in [4.69, 9.17) is 9.47 Å². The summed E-state index contributed by atoms with van der Waals surface area (Å²) in [7, 11) is 0. The zero-order valence-electron chi connectivity index (χ0n) is 17.5. The highest BCUT2D eigenvalue weighted by Crippen LogP contribution is 2.14. The summed E-state index contributed by atoms with van der Waals surface area (Å²) >= 11 is 0. The maximum atomic E-state index is 13.0. The number of β-amino-alcohol motifs (C(OH)–C–C–N with tert-alkyl or cyclic N) is 1. The van der Waals surface area contributed by atoms with Gasteiger partial charge in [0, 0.05) is 38.3 Å². The van der Waals surface area contributed by atoms with Crippen LogP contribution in [-0.4, -0.2) is 78.8 Å². The average Bonchev–Trinajstić information content (AvgIpc) is 2.79. The standard InChI is InChI=1S/C23H27FN2O5/c1-2-30-23(29)18-5-9-21(10-6-18)31-16-20(27)15-25-11-13-26(14-12-25)22(28)17-3-7-19(24)8-4-17/h3-10,20,27H,2,11-16H2,1H3. The van der Waals surface area contributed by atoms with Gasteiger partial charge in [0.15, 0.2) is 0 Å². The Labute approximate surface area is 181 Å². The van der Waals surface area contributed by atoms with Crippen LogP contribution in [0.15, 0.2) is 48.5 Å². The highest BCUT2D eigenvalue weighted by Gasteiger charge is 2.23. The van der Waals surface area contributed by atoms with E-state index in [0.717, 1.165) is 0 Å². The summed E-state index contributed by atoms with van der Waals surface area (Å²) in [5.74, 6) is -0.310. The molecule has 1 unspecified atom stereocenters. The maximum absolute atomic E-state index is 13.0. The third-order valence-electron chi connectivity index (χ3n) is 5.03. The highest BCUT2D eigenvalue weighted by molar-refractivity contribution is 5.94. The van der Waals surface area contributed by atoms with Crippen LogP contribution in [0, 0.1) is 5.82 Å². The zero-order valence-corrected chi connectivity index (χ0v) is 17.5. The Morgan fingerprint density at radius 1 is 1.00 bits per heavy atom. The number of amides is 1. The molecule has 0 saturated carbocycles. The van der Waals surface area contributed by atoms with Crippen LogP contribution >= 0.6 is 0 Å². The molecule has 1 atom stereocenters. The number of carbonyl (C=O) groups excluding carboxylic acids is 2. The zero-order chi connectivity index (χ0) is 22.2. The van der Waals surface area contributed by atoms with Crippen molar-refractivity contribution in [3.63, 3.8) is 0 Å². The molecule has 1 N–H and O–H groups in total. The van der Waals surface area contributed by atoms with Crippen molar-refractivity contribution >= 4 is 11.9 Å². The summed E-state index contributed by atoms with van der Waals surface area (Å²) in [5.41, 5.74) is 0.917. The van der Waals surface area contributed by atoms with E-state index < -0.39 is 6.10 Å². The van der Waals surface area contributed by atoms with Gasteiger partial charge in [-0.2, -0.15) is 0 Å². The SMILES string of the molecule is CCOC(=O)c1ccc(OCC(O)CN2CCN(C(=O)c3ccc(F)cc3)CC2)cc1. The van der Waals surface area contributed by atoms with Gasteiger partial charge < -0.3 is 19.5 Å². The summed E-state index contributed by atoms with van der Waals surface area (Å²) < 4.78 is 23.6. The van der Waals surface area contributed by atoms with Gasteiger partial charge in [-0.3, -0.25) is 9.69 Å². The normalized spacial score (nSPS) is 15.4. The second kappa shape index (κ2) is 10.9. The Morgan fingerprint density at radius 3 is 2.23 bits per heavy atom. The van der Waals surface area contributed by atoms with Crippen LogP contribution in [0.5, 0.6) is 5.75 Å². The number of benzene rings is 2. The van der Waals surface area contributed by atoms with E-state index >= 15 is 0 Å². The van der Waals surface area contributed by atoms with Gasteiger partial charge >= 0.3 is 5.97 Å². The molecule has 1 heterocycles. The van der Waals surface area contributed by atoms with E-state index in [0.29, 0.717) is 56.2 Å². The Bertz CT molecular complexity index is 865. The number of ether oxygens (including phenoxy) is 2. The first kappa shape index (κ1) is 22.7. The summed E-state index contributed by atoms with van der Waals surface area (Å²) in [6.07, 6.45) is -0.691. The maximum Gasteiger partial charge on any atom is 0.338 e. The number of hydrogen-bond acceptors (Lipinski definition) is 6. The molecule has 1 saturated heterocycles. The number of rotatable bonds is 8. The minimum absolute atomic E-state index is 0.116. The smallest absolute Gasteiger partial charge is 0.338 e. The molecule has 1 aliphatic rings. The first-order valence-corrected chi connectivity index (χ1v) is 10.3. The Balaban J connectivity index is 1.40. The molecule has 1 aliphatic heterocycles. The molecule has 8 heteroatoms. The molecule has 31 heavy (non-hydrogen) atoms. The largest absolute Gasteiger partial charge is 0.491 e. The molecule has 0 spiro atoms. The number of aliphatic hydroxyl groups excluding tert-OH is 1. The van der Waals surface area contributed by atoms with Gasteiger partial charge in [0.1, 0.15) is 24.3 Å². The monoisotopic (exact) mass is 430 g/mol. The second-order valence-corrected chi connectivity index (χ2v) is 7.31. The molecule has 3 rings (SSSR count). The molecule has 0 radical (unpaired) electrons. The molecule has 166 valence electrons. The molecule has 2 aromatic carbocycles. The molecule has 1 amide bonds. The Hall–Kier alpha value is -2.97. The molecule has 2 aromatic rings. The van der Waals surface area contributed by atoms with E-state index in [2.05, 4.69) is 4.90 Å². The lowest BCUT2D eigenvalue weighted by molar-refractivity contribution is 0.0402. The fourth-order valence-corrected chi connectivity index (χ4v) is 3.35. The lowest BCUT2D eigenvalue weighted by Crippen LogP contribution is -2.50. The van der Waals surface area contributed by atoms with Gasteiger partial charge in [0.2, 0.25) is 0 Å². The highest BCUT2D eigenvalue weighted by atomic mass is 19.1. The molecular weight excluding hydrogens is 403 g/mol. The minimum atomic E-state index is -0.691. The summed E-state index contributed by atoms with van der Waals surface area (Å²) in [6, 6.07) is 12.1. The van der Waals surface area contributed by atoms with Crippen LogP contribution in [0.2, 0.25) is 0 Å². The summed E-state index contributed by atoms with van der Waals surface area (Å²) in [6.45, 7) is 4.97. The number of hydrogen-bond donors (Lipinski definition) is 1. The molecular formula is C23H27FN2O5. The van der Waals surface area contributed by atoms with E-state index in [9.17, 15) is 19.1 Å². The Morgan fingerprint density at radius 2 is 1.61 bits per heavy atom. The van der Waals surface area contributed by atoms with Gasteiger partial charge in [0.25, 0.3) is 5.91 Å². The quantitative estimate of drug-likeness (QED) is 0.647. The van der Waals surface area contributed by atoms with Crippen LogP contribution < -0.4 is 4.74 Å². The lowest BCUT2D eigenvalue weighted by Gasteiger charge is -2.35. The van der Waals surface area contributed by atoms with Crippen LogP contribution in [0.3, 0.4) is 0 Å². The van der Waals surface area contributed by atoms with Crippen LogP contribution in [0.4, 0.5) is 4.39 Å². The molecule has 0 aliphatic carbocycles. The second-order valence-electron chi connectivity index (χ2n) is 7.31. The van der Waals surface area contributed by atoms with Gasteiger partial charge in [-0.15, -0.1) is 0 Å². The van der Waals surface area contributed by atoms with E-state index in [1.165, 1.54) is 24.3 Å². The van der Waals surface area contributed by atoms with Crippen molar-refractivity contribution in [2.24, 2.45) is 0 Å². The van der Waals surface area contributed by atoms with Crippen molar-refractivity contribution in [3.8, 4) is 5.75 Å². The van der Waals surface area contributed by atoms with Crippen molar-refractivity contribution in [2.45, 2.75) is 13.0 Å². The van der Waals surface area contributed by atoms with Crippen LogP contribution in [0.25, 0.3) is 0 Å². The summed E-state index contributed by atoms with van der Waals surface area (Å²) in [4.78, 5) is 28.0. The van der Waals surface area contributed by atoms with E-state index in [1.807, 2.05) is 0 Å². The first-order valence-electron chi connectivity index (χ1n) is 10.3. The number of nitrogens with zero attached hydrogens (tertiary/aromatic N) is 2. The fourth-order valence-electron chi connectivity index (χ4n) is 3.35. The molecule has 0 bridgehead atoms. The number of aliphatic hydroxyl groups is 1. The average molecular weight is 430 g/mol. The molecule has 7 nitrogen and oxygen atoms in total. The Kier molecular flexibility index (Phi) is 7.97. The predicted molar refractivity (Wildman–Crippen MR) is 113 cm³/mol. The number of piperazine rings is 1. The van der Waals surface area contributed by atoms with Crippen LogP contribution in [0.1, 0.15) is 27.6 Å². The van der Waals surface area contributed by atoms with Crippen molar-refractivity contribution in [2.75, 3.05) is 45.9 Å². The lowest BCUT2D eigenvalue weighted by atomic mass is 10.1. The van der Waals surface area contributed by atoms with Crippen molar-refractivity contribution in [3.05, 3.63) is 65.5 Å². The van der Waals surface area contributed by atoms with Crippen LogP contribution in [-0.2, 0) is 4.74 Å². The third-order valence-corrected chi connectivity index (χ3v) is 5.03. The van der Waals surface area contributed by atoms with Gasteiger partial charge in [-0.05, 0) is 55.5 Å². The van der Waals surface area contributed by atoms with Crippen molar-refractivity contribution in [1.82, 2.24) is 9.80 Å². The fraction of sp³-hybridized carbons (Fsp3) is 0.391. The van der Waals surface area contributed by atoms with E-state index in [1.54, 1.807) is 36.1 Å². The van der Waals surface area contributed by atoms with E-state index in [-0.39, 0.29) is 24.3 Å². The van der Waals surface area contributed by atoms with Gasteiger partial charge in [0.05, 0.1) is 12.2 Å². The number of esters is 1. The number of carbonyl (C=O) groups is 2. The number of halogens is 1. The first-order chi connectivity index (χ1) is 15.0. The predicted octanol–water partition coefficient (Wildman–Crippen LogP) is 2.20. The van der Waals surface area contributed by atoms with Gasteiger partial charge in [-0.25, -0.2) is 9.18 Å². The third kappa shape index (κ3) is 6.50. The van der Waals surface area contributed by atoms with Crippen molar-refractivity contribution in [1.29, 1.82) is 0 Å².